The maximum atomic E-state index is 11.0. The molecule has 2 heteroatoms. The Kier molecular flexibility index (Phi) is 3.76. The van der Waals surface area contributed by atoms with Crippen LogP contribution < -0.4 is 5.32 Å². The minimum atomic E-state index is -0.353. The van der Waals surface area contributed by atoms with Crippen LogP contribution in [-0.4, -0.2) is 5.94 Å². The summed E-state index contributed by atoms with van der Waals surface area (Å²) in [6.45, 7) is 0. The van der Waals surface area contributed by atoms with Crippen LogP contribution in [0, 0.1) is 0 Å². The van der Waals surface area contributed by atoms with E-state index >= 15 is 0 Å². The lowest BCUT2D eigenvalue weighted by Gasteiger charge is -2.28. The highest BCUT2D eigenvalue weighted by atomic mass is 16.1. The maximum Gasteiger partial charge on any atom is 0.141 e. The highest BCUT2D eigenvalue weighted by Crippen LogP contribution is 2.67. The first-order valence-corrected chi connectivity index (χ1v) is 8.47. The number of rotatable bonds is 5. The largest absolute Gasteiger partial charge is 0.371 e. The summed E-state index contributed by atoms with van der Waals surface area (Å²) in [6, 6.07) is 31.4. The molecule has 0 saturated heterocycles. The van der Waals surface area contributed by atoms with Gasteiger partial charge in [0, 0.05) is 0 Å². The zero-order valence-electron chi connectivity index (χ0n) is 13.9. The van der Waals surface area contributed by atoms with Gasteiger partial charge < -0.3 is 5.32 Å². The summed E-state index contributed by atoms with van der Waals surface area (Å²) >= 11 is 0. The zero-order valence-corrected chi connectivity index (χ0v) is 13.9. The molecule has 25 heavy (non-hydrogen) atoms. The summed E-state index contributed by atoms with van der Waals surface area (Å²) in [5, 5.41) is 3.38. The van der Waals surface area contributed by atoms with Gasteiger partial charge in [0.15, 0.2) is 0 Å². The molecular weight excluding hydrogens is 306 g/mol. The third kappa shape index (κ3) is 2.31. The molecule has 0 amide bonds. The van der Waals surface area contributed by atoms with Crippen molar-refractivity contribution in [2.24, 2.45) is 0 Å². The lowest BCUT2D eigenvalue weighted by atomic mass is 9.81. The van der Waals surface area contributed by atoms with Crippen LogP contribution in [0.3, 0.4) is 0 Å². The predicted octanol–water partition coefficient (Wildman–Crippen LogP) is 4.21. The van der Waals surface area contributed by atoms with Gasteiger partial charge in [-0.25, -0.2) is 4.79 Å². The average Bonchev–Trinajstić information content (AvgIpc) is 3.40. The molecule has 0 heterocycles. The van der Waals surface area contributed by atoms with Gasteiger partial charge in [-0.15, -0.1) is 0 Å². The highest BCUT2D eigenvalue weighted by molar-refractivity contribution is 5.59. The number of carbonyl (C=O) groups excluding carboxylic acids is 1. The van der Waals surface area contributed by atoms with Gasteiger partial charge in [-0.05, 0) is 23.1 Å². The van der Waals surface area contributed by atoms with Crippen LogP contribution in [0.4, 0.5) is 0 Å². The summed E-state index contributed by atoms with van der Waals surface area (Å²) in [6.07, 6.45) is 2.29. The van der Waals surface area contributed by atoms with Crippen molar-refractivity contribution >= 4 is 5.94 Å². The van der Waals surface area contributed by atoms with Gasteiger partial charge in [0.1, 0.15) is 5.94 Å². The topological polar surface area (TPSA) is 29.1 Å². The van der Waals surface area contributed by atoms with Crippen molar-refractivity contribution in [3.05, 3.63) is 114 Å². The Balaban J connectivity index is 1.95. The van der Waals surface area contributed by atoms with Gasteiger partial charge in [-0.3, -0.25) is 0 Å². The van der Waals surface area contributed by atoms with Gasteiger partial charge in [0.2, 0.25) is 0 Å². The zero-order chi connectivity index (χ0) is 17.2. The van der Waals surface area contributed by atoms with E-state index in [1.807, 2.05) is 36.3 Å². The van der Waals surface area contributed by atoms with E-state index in [4.69, 9.17) is 0 Å². The standard InChI is InChI=1S/C23H19NO/c25-17-16-24-23(21-14-8-3-9-15-21)18-22(23,19-10-4-1-5-11-19)20-12-6-2-7-13-20/h1-16,24H,18H2. The average molecular weight is 325 g/mol. The van der Waals surface area contributed by atoms with Crippen molar-refractivity contribution in [2.45, 2.75) is 17.4 Å². The SMILES string of the molecule is O=C=CNC1(c2ccccc2)CC1(c1ccccc1)c1ccccc1. The molecule has 2 nitrogen and oxygen atoms in total. The van der Waals surface area contributed by atoms with Crippen LogP contribution in [0.1, 0.15) is 23.1 Å². The Labute approximate surface area is 147 Å². The summed E-state index contributed by atoms with van der Waals surface area (Å²) in [5.74, 6) is 1.89. The Hall–Kier alpha value is -3.09. The summed E-state index contributed by atoms with van der Waals surface area (Å²) in [4.78, 5) is 11.0. The van der Waals surface area contributed by atoms with Crippen LogP contribution in [0.15, 0.2) is 97.2 Å². The molecule has 3 aromatic carbocycles. The Morgan fingerprint density at radius 3 is 1.60 bits per heavy atom. The third-order valence-electron chi connectivity index (χ3n) is 5.31. The molecule has 0 radical (unpaired) electrons. The van der Waals surface area contributed by atoms with Crippen LogP contribution >= 0.6 is 0 Å². The van der Waals surface area contributed by atoms with Gasteiger partial charge in [-0.1, -0.05) is 91.0 Å². The molecule has 3 aromatic rings. The van der Waals surface area contributed by atoms with E-state index in [2.05, 4.69) is 66.0 Å². The molecule has 0 spiro atoms. The van der Waals surface area contributed by atoms with Crippen molar-refractivity contribution < 1.29 is 4.79 Å². The second-order valence-corrected chi connectivity index (χ2v) is 6.49. The van der Waals surface area contributed by atoms with E-state index in [0.29, 0.717) is 0 Å². The number of hydrogen-bond acceptors (Lipinski definition) is 2. The first kappa shape index (κ1) is 15.4. The van der Waals surface area contributed by atoms with Crippen LogP contribution in [0.5, 0.6) is 0 Å². The number of nitrogens with one attached hydrogen (secondary N) is 1. The maximum absolute atomic E-state index is 11.0. The lowest BCUT2D eigenvalue weighted by Crippen LogP contribution is -2.34. The predicted molar refractivity (Wildman–Crippen MR) is 99.8 cm³/mol. The van der Waals surface area contributed by atoms with E-state index in [-0.39, 0.29) is 11.0 Å². The number of hydrogen-bond donors (Lipinski definition) is 1. The monoisotopic (exact) mass is 325 g/mol. The summed E-state index contributed by atoms with van der Waals surface area (Å²) in [7, 11) is 0. The van der Waals surface area contributed by atoms with Crippen molar-refractivity contribution in [2.75, 3.05) is 0 Å². The number of benzene rings is 3. The second kappa shape index (κ2) is 6.08. The minimum absolute atomic E-state index is 0.218. The van der Waals surface area contributed by atoms with Crippen molar-refractivity contribution in [1.82, 2.24) is 5.32 Å². The molecular formula is C23H19NO. The fourth-order valence-corrected chi connectivity index (χ4v) is 4.14. The molecule has 1 fully saturated rings. The lowest BCUT2D eigenvalue weighted by molar-refractivity contribution is 0.531. The molecule has 1 aliphatic carbocycles. The Bertz CT molecular complexity index is 859. The minimum Gasteiger partial charge on any atom is -0.371 e. The fourth-order valence-electron chi connectivity index (χ4n) is 4.14. The van der Waals surface area contributed by atoms with E-state index in [0.717, 1.165) is 6.42 Å². The first-order chi connectivity index (χ1) is 12.3. The Morgan fingerprint density at radius 1 is 0.720 bits per heavy atom. The van der Waals surface area contributed by atoms with E-state index in [1.54, 1.807) is 0 Å². The molecule has 1 N–H and O–H groups in total. The van der Waals surface area contributed by atoms with E-state index in [9.17, 15) is 4.79 Å². The van der Waals surface area contributed by atoms with E-state index < -0.39 is 0 Å². The second-order valence-electron chi connectivity index (χ2n) is 6.49. The van der Waals surface area contributed by atoms with Crippen molar-refractivity contribution in [1.29, 1.82) is 0 Å². The molecule has 1 unspecified atom stereocenters. The fraction of sp³-hybridized carbons (Fsp3) is 0.130. The first-order valence-electron chi connectivity index (χ1n) is 8.47. The Morgan fingerprint density at radius 2 is 1.16 bits per heavy atom. The summed E-state index contributed by atoms with van der Waals surface area (Å²) in [5.41, 5.74) is 3.10. The molecule has 1 aliphatic rings. The van der Waals surface area contributed by atoms with Crippen LogP contribution in [-0.2, 0) is 15.7 Å². The molecule has 1 saturated carbocycles. The molecule has 1 atom stereocenters. The smallest absolute Gasteiger partial charge is 0.141 e. The van der Waals surface area contributed by atoms with Crippen LogP contribution in [0.2, 0.25) is 0 Å². The molecule has 0 aliphatic heterocycles. The van der Waals surface area contributed by atoms with Gasteiger partial charge in [0.25, 0.3) is 0 Å². The quantitative estimate of drug-likeness (QED) is 0.712. The normalized spacial score (nSPS) is 20.3. The third-order valence-corrected chi connectivity index (χ3v) is 5.31. The molecule has 0 bridgehead atoms. The van der Waals surface area contributed by atoms with Gasteiger partial charge >= 0.3 is 0 Å². The van der Waals surface area contributed by atoms with Crippen molar-refractivity contribution in [3.8, 4) is 0 Å². The van der Waals surface area contributed by atoms with Gasteiger partial charge in [0.05, 0.1) is 17.2 Å². The van der Waals surface area contributed by atoms with Gasteiger partial charge in [-0.2, -0.15) is 0 Å². The van der Waals surface area contributed by atoms with Crippen molar-refractivity contribution in [3.63, 3.8) is 0 Å². The molecule has 0 aromatic heterocycles. The summed E-state index contributed by atoms with van der Waals surface area (Å²) < 4.78 is 0. The molecule has 122 valence electrons. The highest BCUT2D eigenvalue weighted by Gasteiger charge is 2.69. The van der Waals surface area contributed by atoms with E-state index in [1.165, 1.54) is 22.9 Å². The molecule has 4 rings (SSSR count). The van der Waals surface area contributed by atoms with Crippen LogP contribution in [0.25, 0.3) is 0 Å².